The molecule has 0 radical (unpaired) electrons. The molecule has 0 amide bonds. The third kappa shape index (κ3) is 5.58. The van der Waals surface area contributed by atoms with Gasteiger partial charge in [0.05, 0.1) is 35.4 Å². The van der Waals surface area contributed by atoms with E-state index in [0.717, 1.165) is 12.1 Å². The molecule has 2 aliphatic rings. The van der Waals surface area contributed by atoms with E-state index in [9.17, 15) is 27.8 Å². The highest BCUT2D eigenvalue weighted by molar-refractivity contribution is 7.91. The normalized spacial score (nSPS) is 29.5. The first-order valence-electron chi connectivity index (χ1n) is 10.7. The molecule has 1 aromatic rings. The topological polar surface area (TPSA) is 119 Å². The van der Waals surface area contributed by atoms with Gasteiger partial charge in [-0.3, -0.25) is 0 Å². The first-order valence-corrected chi connectivity index (χ1v) is 12.8. The summed E-state index contributed by atoms with van der Waals surface area (Å²) >= 11 is 6.01. The Kier molecular flexibility index (Phi) is 7.87. The van der Waals surface area contributed by atoms with Gasteiger partial charge >= 0.3 is 5.97 Å². The zero-order valence-corrected chi connectivity index (χ0v) is 20.1. The Hall–Kier alpha value is -1.56. The summed E-state index contributed by atoms with van der Waals surface area (Å²) < 4.78 is 56.9. The Morgan fingerprint density at radius 3 is 2.39 bits per heavy atom. The molecule has 1 fully saturated rings. The van der Waals surface area contributed by atoms with Crippen molar-refractivity contribution in [3.8, 4) is 0 Å². The standard InChI is InChI=1S/C22H28ClFO8S/c1-4-30-21(27)16-10-22(31-19(12(2)25)20(32-22)13(3)26)8-7-18(16)33(28,29)11-14-5-6-15(24)9-17(14)23/h5-6,9-10,12-13,18-20,25-26H,4,7-8,11H2,1-3H3/t12-,13-,18?,19-,20-/m1/s1. The van der Waals surface area contributed by atoms with Crippen LogP contribution in [0.3, 0.4) is 0 Å². The summed E-state index contributed by atoms with van der Waals surface area (Å²) in [5, 5.41) is 18.9. The molecule has 33 heavy (non-hydrogen) atoms. The average molecular weight is 507 g/mol. The second-order valence-corrected chi connectivity index (χ2v) is 10.9. The third-order valence-corrected chi connectivity index (χ3v) is 8.16. The number of halogens is 2. The van der Waals surface area contributed by atoms with E-state index in [1.54, 1.807) is 6.92 Å². The van der Waals surface area contributed by atoms with Crippen LogP contribution < -0.4 is 0 Å². The Bertz CT molecular complexity index is 1010. The zero-order chi connectivity index (χ0) is 24.6. The Morgan fingerprint density at radius 1 is 1.27 bits per heavy atom. The van der Waals surface area contributed by atoms with Gasteiger partial charge in [-0.15, -0.1) is 0 Å². The monoisotopic (exact) mass is 506 g/mol. The number of hydrogen-bond acceptors (Lipinski definition) is 8. The fourth-order valence-corrected chi connectivity index (χ4v) is 6.41. The highest BCUT2D eigenvalue weighted by Crippen LogP contribution is 2.43. The van der Waals surface area contributed by atoms with E-state index >= 15 is 0 Å². The number of aliphatic hydroxyl groups excluding tert-OH is 2. The largest absolute Gasteiger partial charge is 0.463 e. The minimum Gasteiger partial charge on any atom is -0.463 e. The predicted molar refractivity (Wildman–Crippen MR) is 118 cm³/mol. The molecule has 11 heteroatoms. The van der Waals surface area contributed by atoms with Crippen molar-refractivity contribution in [2.75, 3.05) is 6.61 Å². The van der Waals surface area contributed by atoms with Crippen LogP contribution in [0.2, 0.25) is 5.02 Å². The molecule has 1 aromatic carbocycles. The van der Waals surface area contributed by atoms with Gasteiger partial charge in [-0.25, -0.2) is 17.6 Å². The van der Waals surface area contributed by atoms with Crippen molar-refractivity contribution in [1.29, 1.82) is 0 Å². The number of esters is 1. The van der Waals surface area contributed by atoms with E-state index in [2.05, 4.69) is 0 Å². The molecule has 1 aliphatic carbocycles. The van der Waals surface area contributed by atoms with Crippen molar-refractivity contribution < 1.29 is 42.0 Å². The molecule has 1 unspecified atom stereocenters. The van der Waals surface area contributed by atoms with E-state index in [1.165, 1.54) is 26.0 Å². The Balaban J connectivity index is 1.98. The summed E-state index contributed by atoms with van der Waals surface area (Å²) in [5.41, 5.74) is 0.0511. The van der Waals surface area contributed by atoms with Crippen molar-refractivity contribution in [2.24, 2.45) is 0 Å². The van der Waals surface area contributed by atoms with Gasteiger partial charge in [0.25, 0.3) is 0 Å². The van der Waals surface area contributed by atoms with Gasteiger partial charge in [0.15, 0.2) is 15.6 Å². The molecule has 1 spiro atoms. The van der Waals surface area contributed by atoms with Crippen molar-refractivity contribution in [3.63, 3.8) is 0 Å². The molecule has 3 rings (SSSR count). The van der Waals surface area contributed by atoms with E-state index in [0.29, 0.717) is 0 Å². The summed E-state index contributed by atoms with van der Waals surface area (Å²) in [6.07, 6.45) is -2.42. The molecule has 184 valence electrons. The molecule has 0 bridgehead atoms. The lowest BCUT2D eigenvalue weighted by Gasteiger charge is -2.34. The number of aliphatic hydroxyl groups is 2. The molecular formula is C22H28ClFO8S. The van der Waals surface area contributed by atoms with Crippen LogP contribution in [0.15, 0.2) is 29.8 Å². The van der Waals surface area contributed by atoms with Crippen molar-refractivity contribution >= 4 is 27.4 Å². The minimum atomic E-state index is -3.98. The highest BCUT2D eigenvalue weighted by atomic mass is 35.5. The van der Waals surface area contributed by atoms with E-state index < -0.39 is 62.8 Å². The molecular weight excluding hydrogens is 479 g/mol. The van der Waals surface area contributed by atoms with Gasteiger partial charge in [0.2, 0.25) is 0 Å². The van der Waals surface area contributed by atoms with Crippen LogP contribution >= 0.6 is 11.6 Å². The fraction of sp³-hybridized carbons (Fsp3) is 0.591. The smallest absolute Gasteiger partial charge is 0.335 e. The number of ether oxygens (including phenoxy) is 3. The number of benzene rings is 1. The molecule has 8 nitrogen and oxygen atoms in total. The van der Waals surface area contributed by atoms with Gasteiger partial charge in [0.1, 0.15) is 18.0 Å². The second kappa shape index (κ2) is 9.97. The first kappa shape index (κ1) is 26.1. The first-order chi connectivity index (χ1) is 15.4. The van der Waals surface area contributed by atoms with Gasteiger partial charge < -0.3 is 24.4 Å². The maximum Gasteiger partial charge on any atom is 0.335 e. The fourth-order valence-electron chi connectivity index (χ4n) is 4.18. The molecule has 2 N–H and O–H groups in total. The SMILES string of the molecule is CCOC(=O)C1=CC2(CCC1S(=O)(=O)Cc1ccc(F)cc1Cl)O[C@H]([C@@H](C)O)[C@@H]([C@@H](C)O)O2. The molecule has 1 saturated heterocycles. The van der Waals surface area contributed by atoms with Gasteiger partial charge in [0, 0.05) is 11.4 Å². The van der Waals surface area contributed by atoms with Gasteiger partial charge in [-0.2, -0.15) is 0 Å². The van der Waals surface area contributed by atoms with Crippen molar-refractivity contribution in [1.82, 2.24) is 0 Å². The van der Waals surface area contributed by atoms with Gasteiger partial charge in [-0.1, -0.05) is 17.7 Å². The van der Waals surface area contributed by atoms with Crippen LogP contribution in [-0.4, -0.2) is 66.7 Å². The maximum absolute atomic E-state index is 13.4. The number of rotatable bonds is 7. The quantitative estimate of drug-likeness (QED) is 0.541. The van der Waals surface area contributed by atoms with Crippen LogP contribution in [0.25, 0.3) is 0 Å². The van der Waals surface area contributed by atoms with Crippen LogP contribution in [0.1, 0.15) is 39.2 Å². The zero-order valence-electron chi connectivity index (χ0n) is 18.5. The second-order valence-electron chi connectivity index (χ2n) is 8.35. The van der Waals surface area contributed by atoms with Crippen molar-refractivity contribution in [2.45, 2.75) is 74.8 Å². The molecule has 1 heterocycles. The molecule has 1 aliphatic heterocycles. The van der Waals surface area contributed by atoms with Gasteiger partial charge in [-0.05, 0) is 51.0 Å². The summed E-state index contributed by atoms with van der Waals surface area (Å²) in [4.78, 5) is 12.7. The van der Waals surface area contributed by atoms with Crippen LogP contribution in [0, 0.1) is 5.82 Å². The summed E-state index contributed by atoms with van der Waals surface area (Å²) in [6, 6.07) is 3.43. The third-order valence-electron chi connectivity index (χ3n) is 5.74. The number of sulfone groups is 1. The Labute approximate surface area is 197 Å². The molecule has 0 aromatic heterocycles. The predicted octanol–water partition coefficient (Wildman–Crippen LogP) is 2.29. The highest BCUT2D eigenvalue weighted by Gasteiger charge is 2.53. The van der Waals surface area contributed by atoms with E-state index in [1.807, 2.05) is 0 Å². The summed E-state index contributed by atoms with van der Waals surface area (Å²) in [5.74, 6) is -3.43. The number of hydrogen-bond donors (Lipinski definition) is 2. The van der Waals surface area contributed by atoms with Crippen LogP contribution in [-0.2, 0) is 34.6 Å². The van der Waals surface area contributed by atoms with Crippen molar-refractivity contribution in [3.05, 3.63) is 46.3 Å². The number of carbonyl (C=O) groups is 1. The lowest BCUT2D eigenvalue weighted by molar-refractivity contribution is -0.160. The van der Waals surface area contributed by atoms with Crippen LogP contribution in [0.5, 0.6) is 0 Å². The summed E-state index contributed by atoms with van der Waals surface area (Å²) in [6.45, 7) is 4.59. The lowest BCUT2D eigenvalue weighted by atomic mass is 9.94. The molecule has 0 saturated carbocycles. The minimum absolute atomic E-state index is 0.0219. The molecule has 5 atom stereocenters. The van der Waals surface area contributed by atoms with E-state index in [4.69, 9.17) is 25.8 Å². The lowest BCUT2D eigenvalue weighted by Crippen LogP contribution is -2.41. The summed E-state index contributed by atoms with van der Waals surface area (Å²) in [7, 11) is -3.98. The maximum atomic E-state index is 13.4. The average Bonchev–Trinajstić information content (AvgIpc) is 3.10. The number of carbonyl (C=O) groups excluding carboxylic acids is 1. The Morgan fingerprint density at radius 2 is 1.88 bits per heavy atom. The van der Waals surface area contributed by atoms with E-state index in [-0.39, 0.29) is 35.6 Å². The van der Waals surface area contributed by atoms with Crippen LogP contribution in [0.4, 0.5) is 4.39 Å².